The number of ether oxygens (including phenoxy) is 2. The number of thiophene rings is 1. The number of amides is 1. The van der Waals surface area contributed by atoms with E-state index >= 15 is 0 Å². The van der Waals surface area contributed by atoms with Crippen molar-refractivity contribution in [2.75, 3.05) is 26.3 Å². The van der Waals surface area contributed by atoms with E-state index in [2.05, 4.69) is 10.2 Å². The van der Waals surface area contributed by atoms with Crippen LogP contribution in [0.5, 0.6) is 11.5 Å². The van der Waals surface area contributed by atoms with Crippen LogP contribution in [-0.4, -0.2) is 49.2 Å². The molecule has 142 valence electrons. The van der Waals surface area contributed by atoms with E-state index in [9.17, 15) is 4.79 Å². The van der Waals surface area contributed by atoms with Gasteiger partial charge in [0.2, 0.25) is 0 Å². The standard InChI is InChI=1S/C21H24N2O3S/c24-21(22-15-8-10-23-9-2-1-3-16(15)23)20-7-6-19(27-20)14-4-5-17-18(13-14)26-12-11-25-17/h4-7,13,15-16H,1-3,8-12H2,(H,22,24). The molecule has 2 fully saturated rings. The van der Waals surface area contributed by atoms with Crippen LogP contribution >= 0.6 is 11.3 Å². The average molecular weight is 385 g/mol. The third-order valence-corrected chi connectivity index (χ3v) is 6.96. The summed E-state index contributed by atoms with van der Waals surface area (Å²) in [7, 11) is 0. The van der Waals surface area contributed by atoms with Crippen molar-refractivity contribution < 1.29 is 14.3 Å². The largest absolute Gasteiger partial charge is 0.486 e. The number of nitrogens with zero attached hydrogens (tertiary/aromatic N) is 1. The molecule has 5 rings (SSSR count). The maximum absolute atomic E-state index is 12.8. The lowest BCUT2D eigenvalue weighted by Crippen LogP contribution is -2.46. The quantitative estimate of drug-likeness (QED) is 0.879. The average Bonchev–Trinajstić information content (AvgIpc) is 3.36. The Hall–Kier alpha value is -2.05. The lowest BCUT2D eigenvalue weighted by atomic mass is 9.99. The molecule has 27 heavy (non-hydrogen) atoms. The minimum absolute atomic E-state index is 0.0567. The van der Waals surface area contributed by atoms with Gasteiger partial charge in [-0.25, -0.2) is 0 Å². The van der Waals surface area contributed by atoms with Gasteiger partial charge in [-0.15, -0.1) is 11.3 Å². The molecule has 1 amide bonds. The Labute approximate surface area is 163 Å². The predicted octanol–water partition coefficient (Wildman–Crippen LogP) is 3.54. The Morgan fingerprint density at radius 3 is 2.85 bits per heavy atom. The van der Waals surface area contributed by atoms with Crippen molar-refractivity contribution in [3.05, 3.63) is 35.2 Å². The zero-order chi connectivity index (χ0) is 18.2. The van der Waals surface area contributed by atoms with Crippen LogP contribution in [0.4, 0.5) is 0 Å². The normalized spacial score (nSPS) is 24.4. The highest BCUT2D eigenvalue weighted by molar-refractivity contribution is 7.17. The lowest BCUT2D eigenvalue weighted by molar-refractivity contribution is 0.0919. The third kappa shape index (κ3) is 3.32. The molecule has 0 radical (unpaired) electrons. The van der Waals surface area contributed by atoms with Crippen LogP contribution in [0, 0.1) is 0 Å². The van der Waals surface area contributed by atoms with Gasteiger partial charge < -0.3 is 14.8 Å². The van der Waals surface area contributed by atoms with Gasteiger partial charge in [-0.3, -0.25) is 9.69 Å². The van der Waals surface area contributed by atoms with Crippen LogP contribution < -0.4 is 14.8 Å². The molecule has 1 aromatic heterocycles. The molecule has 2 saturated heterocycles. The molecule has 0 aliphatic carbocycles. The molecule has 2 atom stereocenters. The number of benzene rings is 1. The number of carbonyl (C=O) groups is 1. The molecule has 0 spiro atoms. The Balaban J connectivity index is 1.29. The van der Waals surface area contributed by atoms with Crippen LogP contribution in [0.15, 0.2) is 30.3 Å². The molecule has 4 heterocycles. The first-order valence-corrected chi connectivity index (χ1v) is 10.6. The van der Waals surface area contributed by atoms with Gasteiger partial charge in [-0.2, -0.15) is 0 Å². The fraction of sp³-hybridized carbons (Fsp3) is 0.476. The summed E-state index contributed by atoms with van der Waals surface area (Å²) in [6.07, 6.45) is 4.84. The fourth-order valence-electron chi connectivity index (χ4n) is 4.47. The highest BCUT2D eigenvalue weighted by atomic mass is 32.1. The second kappa shape index (κ2) is 7.17. The molecule has 2 unspecified atom stereocenters. The van der Waals surface area contributed by atoms with Crippen LogP contribution in [0.25, 0.3) is 10.4 Å². The first-order chi connectivity index (χ1) is 13.3. The molecule has 0 saturated carbocycles. The van der Waals surface area contributed by atoms with Crippen LogP contribution in [-0.2, 0) is 0 Å². The molecule has 3 aliphatic heterocycles. The fourth-order valence-corrected chi connectivity index (χ4v) is 5.37. The molecule has 5 nitrogen and oxygen atoms in total. The minimum Gasteiger partial charge on any atom is -0.486 e. The molecule has 3 aliphatic rings. The van der Waals surface area contributed by atoms with Crippen molar-refractivity contribution >= 4 is 17.2 Å². The monoisotopic (exact) mass is 384 g/mol. The molecule has 6 heteroatoms. The first kappa shape index (κ1) is 17.1. The van der Waals surface area contributed by atoms with E-state index in [-0.39, 0.29) is 11.9 Å². The molecule has 2 aromatic rings. The van der Waals surface area contributed by atoms with Gasteiger partial charge in [0.1, 0.15) is 13.2 Å². The Bertz CT molecular complexity index is 850. The van der Waals surface area contributed by atoms with Crippen LogP contribution in [0.1, 0.15) is 35.4 Å². The van der Waals surface area contributed by atoms with E-state index in [1.165, 1.54) is 37.1 Å². The number of hydrogen-bond acceptors (Lipinski definition) is 5. The van der Waals surface area contributed by atoms with Crippen molar-refractivity contribution in [3.63, 3.8) is 0 Å². The number of carbonyl (C=O) groups excluding carboxylic acids is 1. The smallest absolute Gasteiger partial charge is 0.261 e. The summed E-state index contributed by atoms with van der Waals surface area (Å²) in [6, 6.07) is 10.7. The zero-order valence-electron chi connectivity index (χ0n) is 15.3. The van der Waals surface area contributed by atoms with Gasteiger partial charge in [0, 0.05) is 23.5 Å². The minimum atomic E-state index is 0.0567. The SMILES string of the molecule is O=C(NC1CCN2CCCCC12)c1ccc(-c2ccc3c(c2)OCCO3)s1. The highest BCUT2D eigenvalue weighted by Crippen LogP contribution is 2.37. The van der Waals surface area contributed by atoms with Crippen molar-refractivity contribution in [2.24, 2.45) is 0 Å². The predicted molar refractivity (Wildman–Crippen MR) is 106 cm³/mol. The van der Waals surface area contributed by atoms with Crippen molar-refractivity contribution in [1.29, 1.82) is 0 Å². The van der Waals surface area contributed by atoms with E-state index in [0.29, 0.717) is 19.3 Å². The van der Waals surface area contributed by atoms with E-state index < -0.39 is 0 Å². The number of hydrogen-bond donors (Lipinski definition) is 1. The number of fused-ring (bicyclic) bond motifs is 2. The summed E-state index contributed by atoms with van der Waals surface area (Å²) in [6.45, 7) is 3.47. The van der Waals surface area contributed by atoms with Gasteiger partial charge in [0.25, 0.3) is 5.91 Å². The Morgan fingerprint density at radius 2 is 1.93 bits per heavy atom. The second-order valence-corrected chi connectivity index (χ2v) is 8.57. The topological polar surface area (TPSA) is 50.8 Å². The van der Waals surface area contributed by atoms with E-state index in [0.717, 1.165) is 39.8 Å². The van der Waals surface area contributed by atoms with E-state index in [1.54, 1.807) is 0 Å². The van der Waals surface area contributed by atoms with Crippen molar-refractivity contribution in [1.82, 2.24) is 10.2 Å². The third-order valence-electron chi connectivity index (χ3n) is 5.83. The molecular weight excluding hydrogens is 360 g/mol. The molecular formula is C21H24N2O3S. The maximum atomic E-state index is 12.8. The van der Waals surface area contributed by atoms with Crippen molar-refractivity contribution in [3.8, 4) is 21.9 Å². The number of rotatable bonds is 3. The summed E-state index contributed by atoms with van der Waals surface area (Å²) < 4.78 is 11.3. The van der Waals surface area contributed by atoms with Crippen LogP contribution in [0.2, 0.25) is 0 Å². The van der Waals surface area contributed by atoms with Gasteiger partial charge in [0.05, 0.1) is 4.88 Å². The van der Waals surface area contributed by atoms with E-state index in [4.69, 9.17) is 9.47 Å². The highest BCUT2D eigenvalue weighted by Gasteiger charge is 2.36. The summed E-state index contributed by atoms with van der Waals surface area (Å²) in [5, 5.41) is 3.29. The second-order valence-electron chi connectivity index (χ2n) is 7.49. The number of nitrogens with one attached hydrogen (secondary N) is 1. The van der Waals surface area contributed by atoms with E-state index in [1.807, 2.05) is 30.3 Å². The lowest BCUT2D eigenvalue weighted by Gasteiger charge is -2.32. The Kier molecular flexibility index (Phi) is 4.53. The number of piperidine rings is 1. The van der Waals surface area contributed by atoms with Gasteiger partial charge in [-0.1, -0.05) is 6.42 Å². The first-order valence-electron chi connectivity index (χ1n) is 9.83. The summed E-state index contributed by atoms with van der Waals surface area (Å²) in [4.78, 5) is 17.2. The van der Waals surface area contributed by atoms with Gasteiger partial charge in [-0.05, 0) is 61.7 Å². The summed E-state index contributed by atoms with van der Waals surface area (Å²) >= 11 is 1.54. The zero-order valence-corrected chi connectivity index (χ0v) is 16.1. The maximum Gasteiger partial charge on any atom is 0.261 e. The van der Waals surface area contributed by atoms with Gasteiger partial charge >= 0.3 is 0 Å². The Morgan fingerprint density at radius 1 is 1.04 bits per heavy atom. The summed E-state index contributed by atoms with van der Waals surface area (Å²) in [5.74, 6) is 1.63. The van der Waals surface area contributed by atoms with Crippen molar-refractivity contribution in [2.45, 2.75) is 37.8 Å². The van der Waals surface area contributed by atoms with Crippen LogP contribution in [0.3, 0.4) is 0 Å². The van der Waals surface area contributed by atoms with Gasteiger partial charge in [0.15, 0.2) is 11.5 Å². The molecule has 0 bridgehead atoms. The molecule has 1 aromatic carbocycles. The summed E-state index contributed by atoms with van der Waals surface area (Å²) in [5.41, 5.74) is 1.06. The molecule has 1 N–H and O–H groups in total.